The zero-order valence-electron chi connectivity index (χ0n) is 11.4. The molecule has 0 atom stereocenters. The van der Waals surface area contributed by atoms with Crippen molar-refractivity contribution in [2.75, 3.05) is 13.3 Å². The predicted octanol–water partition coefficient (Wildman–Crippen LogP) is 2.36. The number of fused-ring (bicyclic) bond motifs is 1. The number of hydrogen-bond donors (Lipinski definition) is 0. The molecule has 0 unspecified atom stereocenters. The van der Waals surface area contributed by atoms with Gasteiger partial charge in [-0.3, -0.25) is 9.69 Å². The highest BCUT2D eigenvalue weighted by Crippen LogP contribution is 2.34. The lowest BCUT2D eigenvalue weighted by Crippen LogP contribution is -2.50. The van der Waals surface area contributed by atoms with Crippen molar-refractivity contribution in [1.82, 2.24) is 4.90 Å². The molecule has 1 fully saturated rings. The van der Waals surface area contributed by atoms with Crippen molar-refractivity contribution >= 4 is 5.78 Å². The number of carbonyl (C=O) groups excluding carboxylic acids is 1. The van der Waals surface area contributed by atoms with Crippen molar-refractivity contribution in [1.29, 1.82) is 0 Å². The van der Waals surface area contributed by atoms with Crippen LogP contribution in [0.15, 0.2) is 18.2 Å². The molecule has 4 nitrogen and oxygen atoms in total. The van der Waals surface area contributed by atoms with Crippen LogP contribution in [0.5, 0.6) is 11.5 Å². The first kappa shape index (κ1) is 12.5. The second kappa shape index (κ2) is 4.53. The minimum Gasteiger partial charge on any atom is -0.454 e. The van der Waals surface area contributed by atoms with Gasteiger partial charge in [-0.15, -0.1) is 0 Å². The van der Waals surface area contributed by atoms with Crippen LogP contribution >= 0.6 is 0 Å². The summed E-state index contributed by atoms with van der Waals surface area (Å²) < 4.78 is 10.7. The van der Waals surface area contributed by atoms with Gasteiger partial charge >= 0.3 is 0 Å². The second-order valence-electron chi connectivity index (χ2n) is 5.89. The van der Waals surface area contributed by atoms with Crippen LogP contribution in [-0.2, 0) is 11.3 Å². The van der Waals surface area contributed by atoms with Gasteiger partial charge in [0, 0.05) is 18.5 Å². The Kier molecular flexibility index (Phi) is 2.97. The molecule has 3 rings (SSSR count). The maximum atomic E-state index is 11.7. The van der Waals surface area contributed by atoms with Crippen molar-refractivity contribution in [3.8, 4) is 11.5 Å². The van der Waals surface area contributed by atoms with E-state index in [1.807, 2.05) is 18.2 Å². The van der Waals surface area contributed by atoms with E-state index in [1.165, 1.54) is 0 Å². The lowest BCUT2D eigenvalue weighted by atomic mass is 9.89. The molecule has 0 aliphatic carbocycles. The first-order valence-corrected chi connectivity index (χ1v) is 6.70. The Morgan fingerprint density at radius 2 is 2.05 bits per heavy atom. The third kappa shape index (κ3) is 2.45. The molecule has 0 radical (unpaired) electrons. The van der Waals surface area contributed by atoms with Crippen LogP contribution in [0.1, 0.15) is 32.3 Å². The molecule has 4 heteroatoms. The van der Waals surface area contributed by atoms with Gasteiger partial charge in [0.1, 0.15) is 5.78 Å². The fourth-order valence-electron chi connectivity index (χ4n) is 2.64. The largest absolute Gasteiger partial charge is 0.454 e. The fraction of sp³-hybridized carbons (Fsp3) is 0.533. The Labute approximate surface area is 113 Å². The van der Waals surface area contributed by atoms with E-state index < -0.39 is 0 Å². The third-order valence-electron chi connectivity index (χ3n) is 4.05. The van der Waals surface area contributed by atoms with Crippen molar-refractivity contribution in [2.24, 2.45) is 0 Å². The van der Waals surface area contributed by atoms with Crippen molar-refractivity contribution < 1.29 is 14.3 Å². The van der Waals surface area contributed by atoms with Crippen LogP contribution in [0.3, 0.4) is 0 Å². The van der Waals surface area contributed by atoms with Crippen LogP contribution in [0.4, 0.5) is 0 Å². The van der Waals surface area contributed by atoms with Crippen LogP contribution < -0.4 is 9.47 Å². The molecule has 2 heterocycles. The number of rotatable bonds is 2. The summed E-state index contributed by atoms with van der Waals surface area (Å²) in [5.41, 5.74) is 1.23. The highest BCUT2D eigenvalue weighted by Gasteiger charge is 2.33. The van der Waals surface area contributed by atoms with Gasteiger partial charge in [0.25, 0.3) is 0 Å². The maximum Gasteiger partial charge on any atom is 0.231 e. The molecular weight excluding hydrogens is 242 g/mol. The van der Waals surface area contributed by atoms with E-state index in [4.69, 9.17) is 9.47 Å². The number of nitrogens with zero attached hydrogens (tertiary/aromatic N) is 1. The molecule has 0 spiro atoms. The van der Waals surface area contributed by atoms with E-state index in [0.717, 1.165) is 30.0 Å². The maximum absolute atomic E-state index is 11.7. The summed E-state index contributed by atoms with van der Waals surface area (Å²) in [5, 5.41) is 0. The Morgan fingerprint density at radius 3 is 2.89 bits per heavy atom. The minimum atomic E-state index is 0.0737. The van der Waals surface area contributed by atoms with Crippen molar-refractivity contribution in [3.63, 3.8) is 0 Å². The molecule has 0 bridgehead atoms. The van der Waals surface area contributed by atoms with Gasteiger partial charge in [0.15, 0.2) is 11.5 Å². The average molecular weight is 261 g/mol. The number of piperidine rings is 1. The SMILES string of the molecule is CC1(C)CCC(=O)CN1Cc1ccc2c(c1)OCO2. The zero-order chi connectivity index (χ0) is 13.5. The minimum absolute atomic E-state index is 0.0737. The second-order valence-corrected chi connectivity index (χ2v) is 5.89. The molecule has 0 saturated carbocycles. The lowest BCUT2D eigenvalue weighted by Gasteiger charge is -2.41. The van der Waals surface area contributed by atoms with Crippen LogP contribution in [0.25, 0.3) is 0 Å². The monoisotopic (exact) mass is 261 g/mol. The van der Waals surface area contributed by atoms with Gasteiger partial charge in [0.05, 0.1) is 6.54 Å². The number of hydrogen-bond acceptors (Lipinski definition) is 4. The summed E-state index contributed by atoms with van der Waals surface area (Å²) in [5.74, 6) is 1.94. The summed E-state index contributed by atoms with van der Waals surface area (Å²) in [4.78, 5) is 13.9. The summed E-state index contributed by atoms with van der Waals surface area (Å²) in [7, 11) is 0. The summed E-state index contributed by atoms with van der Waals surface area (Å²) >= 11 is 0. The molecule has 19 heavy (non-hydrogen) atoms. The molecule has 1 aromatic carbocycles. The van der Waals surface area contributed by atoms with Gasteiger partial charge in [-0.1, -0.05) is 6.07 Å². The smallest absolute Gasteiger partial charge is 0.231 e. The van der Waals surface area contributed by atoms with E-state index in [-0.39, 0.29) is 5.54 Å². The highest BCUT2D eigenvalue weighted by molar-refractivity contribution is 5.81. The topological polar surface area (TPSA) is 38.8 Å². The zero-order valence-corrected chi connectivity index (χ0v) is 11.4. The van der Waals surface area contributed by atoms with Crippen LogP contribution in [-0.4, -0.2) is 29.6 Å². The molecule has 2 aliphatic heterocycles. The third-order valence-corrected chi connectivity index (χ3v) is 4.05. The van der Waals surface area contributed by atoms with E-state index in [9.17, 15) is 4.79 Å². The quantitative estimate of drug-likeness (QED) is 0.819. The van der Waals surface area contributed by atoms with E-state index in [0.29, 0.717) is 25.5 Å². The number of ketones is 1. The summed E-state index contributed by atoms with van der Waals surface area (Å²) in [6, 6.07) is 6.00. The Bertz CT molecular complexity index is 510. The van der Waals surface area contributed by atoms with Crippen LogP contribution in [0.2, 0.25) is 0 Å². The average Bonchev–Trinajstić information content (AvgIpc) is 2.82. The lowest BCUT2D eigenvalue weighted by molar-refractivity contribution is -0.126. The predicted molar refractivity (Wildman–Crippen MR) is 71.3 cm³/mol. The normalized spacial score (nSPS) is 21.7. The molecule has 0 N–H and O–H groups in total. The van der Waals surface area contributed by atoms with Gasteiger partial charge < -0.3 is 9.47 Å². The number of carbonyl (C=O) groups is 1. The van der Waals surface area contributed by atoms with Gasteiger partial charge in [-0.25, -0.2) is 0 Å². The van der Waals surface area contributed by atoms with Crippen LogP contribution in [0, 0.1) is 0 Å². The first-order valence-electron chi connectivity index (χ1n) is 6.70. The van der Waals surface area contributed by atoms with Gasteiger partial charge in [-0.05, 0) is 38.0 Å². The Balaban J connectivity index is 1.78. The van der Waals surface area contributed by atoms with E-state index in [2.05, 4.69) is 18.7 Å². The molecule has 1 aromatic rings. The molecule has 2 aliphatic rings. The van der Waals surface area contributed by atoms with Crippen molar-refractivity contribution in [3.05, 3.63) is 23.8 Å². The molecule has 0 aromatic heterocycles. The number of ether oxygens (including phenoxy) is 2. The number of benzene rings is 1. The van der Waals surface area contributed by atoms with E-state index in [1.54, 1.807) is 0 Å². The molecular formula is C15H19NO3. The first-order chi connectivity index (χ1) is 9.04. The standard InChI is InChI=1S/C15H19NO3/c1-15(2)6-5-12(17)9-16(15)8-11-3-4-13-14(7-11)19-10-18-13/h3-4,7H,5-6,8-10H2,1-2H3. The van der Waals surface area contributed by atoms with Crippen molar-refractivity contribution in [2.45, 2.75) is 38.8 Å². The Hall–Kier alpha value is -1.55. The molecule has 0 amide bonds. The summed E-state index contributed by atoms with van der Waals surface area (Å²) in [6.07, 6.45) is 1.63. The van der Waals surface area contributed by atoms with Gasteiger partial charge in [0.2, 0.25) is 6.79 Å². The number of Topliss-reactive ketones (excluding diaryl/α,β-unsaturated/α-hetero) is 1. The fourth-order valence-corrected chi connectivity index (χ4v) is 2.64. The molecule has 102 valence electrons. The Morgan fingerprint density at radius 1 is 1.26 bits per heavy atom. The molecule has 1 saturated heterocycles. The highest BCUT2D eigenvalue weighted by atomic mass is 16.7. The van der Waals surface area contributed by atoms with E-state index >= 15 is 0 Å². The summed E-state index contributed by atoms with van der Waals surface area (Å²) in [6.45, 7) is 6.02. The number of likely N-dealkylation sites (tertiary alicyclic amines) is 1. The van der Waals surface area contributed by atoms with Gasteiger partial charge in [-0.2, -0.15) is 0 Å².